The van der Waals surface area contributed by atoms with Crippen LogP contribution in [-0.4, -0.2) is 26.0 Å². The molecule has 1 amide bonds. The first kappa shape index (κ1) is 12.3. The van der Waals surface area contributed by atoms with Crippen molar-refractivity contribution in [3.05, 3.63) is 35.9 Å². The van der Waals surface area contributed by atoms with Gasteiger partial charge in [-0.3, -0.25) is 19.9 Å². The van der Waals surface area contributed by atoms with E-state index in [0.29, 0.717) is 16.5 Å². The highest BCUT2D eigenvalue weighted by atomic mass is 32.1. The quantitative estimate of drug-likeness (QED) is 0.898. The number of hydrogen-bond donors (Lipinski definition) is 1. The van der Waals surface area contributed by atoms with E-state index in [-0.39, 0.29) is 18.1 Å². The van der Waals surface area contributed by atoms with Gasteiger partial charge in [0.15, 0.2) is 5.82 Å². The van der Waals surface area contributed by atoms with Crippen LogP contribution in [0.2, 0.25) is 0 Å². The first-order valence-corrected chi connectivity index (χ1v) is 5.96. The Hall–Kier alpha value is -2.15. The summed E-state index contributed by atoms with van der Waals surface area (Å²) in [5, 5.41) is 3.00. The standard InChI is InChI=1S/C11H10N4O2S/c1-7(16)6-9-13-11(18-15-9)14-10(17)8-2-4-12-5-3-8/h2-5H,6H2,1H3,(H,13,14,15,17). The van der Waals surface area contributed by atoms with Gasteiger partial charge in [0, 0.05) is 29.5 Å². The number of pyridine rings is 1. The number of ketones is 1. The number of nitrogens with one attached hydrogen (secondary N) is 1. The summed E-state index contributed by atoms with van der Waals surface area (Å²) in [6, 6.07) is 3.21. The van der Waals surface area contributed by atoms with Crippen LogP contribution in [0.3, 0.4) is 0 Å². The number of hydrogen-bond acceptors (Lipinski definition) is 6. The van der Waals surface area contributed by atoms with E-state index in [4.69, 9.17) is 0 Å². The van der Waals surface area contributed by atoms with E-state index < -0.39 is 0 Å². The molecule has 0 unspecified atom stereocenters. The predicted molar refractivity (Wildman–Crippen MR) is 66.5 cm³/mol. The van der Waals surface area contributed by atoms with Crippen LogP contribution in [0.5, 0.6) is 0 Å². The van der Waals surface area contributed by atoms with Crippen LogP contribution < -0.4 is 5.32 Å². The number of rotatable bonds is 4. The lowest BCUT2D eigenvalue weighted by molar-refractivity contribution is -0.116. The minimum absolute atomic E-state index is 0.0141. The SMILES string of the molecule is CC(=O)Cc1nsc(NC(=O)c2ccncc2)n1. The highest BCUT2D eigenvalue weighted by Crippen LogP contribution is 2.13. The van der Waals surface area contributed by atoms with Crippen molar-refractivity contribution in [2.75, 3.05) is 5.32 Å². The van der Waals surface area contributed by atoms with E-state index in [0.717, 1.165) is 11.5 Å². The number of carbonyl (C=O) groups excluding carboxylic acids is 2. The van der Waals surface area contributed by atoms with Crippen molar-refractivity contribution in [2.45, 2.75) is 13.3 Å². The molecule has 0 bridgehead atoms. The fourth-order valence-corrected chi connectivity index (χ4v) is 1.85. The van der Waals surface area contributed by atoms with Crippen LogP contribution in [0.4, 0.5) is 5.13 Å². The van der Waals surface area contributed by atoms with Gasteiger partial charge in [0.25, 0.3) is 5.91 Å². The van der Waals surface area contributed by atoms with Gasteiger partial charge in [-0.1, -0.05) is 0 Å². The summed E-state index contributed by atoms with van der Waals surface area (Å²) in [7, 11) is 0. The molecule has 1 N–H and O–H groups in total. The maximum absolute atomic E-state index is 11.8. The minimum atomic E-state index is -0.275. The molecule has 2 rings (SSSR count). The van der Waals surface area contributed by atoms with Crippen LogP contribution in [0.1, 0.15) is 23.1 Å². The van der Waals surface area contributed by atoms with Gasteiger partial charge >= 0.3 is 0 Å². The molecule has 0 radical (unpaired) electrons. The Morgan fingerprint density at radius 1 is 1.33 bits per heavy atom. The second-order valence-electron chi connectivity index (χ2n) is 3.58. The van der Waals surface area contributed by atoms with E-state index in [2.05, 4.69) is 19.7 Å². The topological polar surface area (TPSA) is 84.8 Å². The largest absolute Gasteiger partial charge is 0.300 e. The molecule has 0 aromatic carbocycles. The zero-order valence-corrected chi connectivity index (χ0v) is 10.4. The zero-order chi connectivity index (χ0) is 13.0. The molecular formula is C11H10N4O2S. The monoisotopic (exact) mass is 262 g/mol. The summed E-state index contributed by atoms with van der Waals surface area (Å²) in [6.07, 6.45) is 3.26. The fraction of sp³-hybridized carbons (Fsp3) is 0.182. The average molecular weight is 262 g/mol. The summed E-state index contributed by atoms with van der Waals surface area (Å²) in [4.78, 5) is 30.6. The second-order valence-corrected chi connectivity index (χ2v) is 4.34. The summed E-state index contributed by atoms with van der Waals surface area (Å²) in [5.74, 6) is 0.139. The average Bonchev–Trinajstić information content (AvgIpc) is 2.76. The van der Waals surface area contributed by atoms with Crippen LogP contribution in [0, 0.1) is 0 Å². The van der Waals surface area contributed by atoms with Crippen LogP contribution >= 0.6 is 11.5 Å². The van der Waals surface area contributed by atoms with E-state index in [1.807, 2.05) is 0 Å². The van der Waals surface area contributed by atoms with Crippen LogP contribution in [0.15, 0.2) is 24.5 Å². The van der Waals surface area contributed by atoms with Crippen molar-refractivity contribution in [1.29, 1.82) is 0 Å². The van der Waals surface area contributed by atoms with E-state index >= 15 is 0 Å². The van der Waals surface area contributed by atoms with Crippen molar-refractivity contribution in [2.24, 2.45) is 0 Å². The highest BCUT2D eigenvalue weighted by molar-refractivity contribution is 7.09. The molecule has 92 valence electrons. The summed E-state index contributed by atoms with van der Waals surface area (Å²) >= 11 is 1.05. The molecule has 0 spiro atoms. The molecule has 18 heavy (non-hydrogen) atoms. The van der Waals surface area contributed by atoms with Gasteiger partial charge < -0.3 is 0 Å². The maximum Gasteiger partial charge on any atom is 0.257 e. The van der Waals surface area contributed by atoms with Gasteiger partial charge in [-0.05, 0) is 19.1 Å². The Bertz CT molecular complexity index is 567. The van der Waals surface area contributed by atoms with Gasteiger partial charge in [-0.25, -0.2) is 4.98 Å². The third-order valence-electron chi connectivity index (χ3n) is 2.04. The Balaban J connectivity index is 2.04. The molecule has 0 aliphatic rings. The number of aromatic nitrogens is 3. The summed E-state index contributed by atoms with van der Waals surface area (Å²) in [6.45, 7) is 1.47. The van der Waals surface area contributed by atoms with Crippen molar-refractivity contribution >= 4 is 28.4 Å². The molecule has 0 saturated heterocycles. The van der Waals surface area contributed by atoms with E-state index in [1.165, 1.54) is 19.3 Å². The van der Waals surface area contributed by atoms with Crippen molar-refractivity contribution in [1.82, 2.24) is 14.3 Å². The summed E-state index contributed by atoms with van der Waals surface area (Å²) in [5.41, 5.74) is 0.494. The minimum Gasteiger partial charge on any atom is -0.300 e. The first-order chi connectivity index (χ1) is 8.65. The molecule has 0 saturated carbocycles. The van der Waals surface area contributed by atoms with Gasteiger partial charge in [-0.15, -0.1) is 0 Å². The fourth-order valence-electron chi connectivity index (χ4n) is 1.27. The molecule has 6 nitrogen and oxygen atoms in total. The molecule has 2 aromatic heterocycles. The number of carbonyl (C=O) groups is 2. The third kappa shape index (κ3) is 3.17. The lowest BCUT2D eigenvalue weighted by Gasteiger charge is -1.99. The number of anilines is 1. The number of nitrogens with zero attached hydrogens (tertiary/aromatic N) is 3. The Morgan fingerprint density at radius 3 is 2.72 bits per heavy atom. The number of amides is 1. The Kier molecular flexibility index (Phi) is 3.73. The lowest BCUT2D eigenvalue weighted by atomic mass is 10.2. The first-order valence-electron chi connectivity index (χ1n) is 5.18. The van der Waals surface area contributed by atoms with Gasteiger partial charge in [0.05, 0.1) is 6.42 Å². The van der Waals surface area contributed by atoms with Crippen molar-refractivity contribution in [3.8, 4) is 0 Å². The molecule has 0 aliphatic heterocycles. The lowest BCUT2D eigenvalue weighted by Crippen LogP contribution is -2.11. The second kappa shape index (κ2) is 5.46. The Labute approximate surface area is 107 Å². The Morgan fingerprint density at radius 2 is 2.06 bits per heavy atom. The molecule has 2 heterocycles. The van der Waals surface area contributed by atoms with Crippen LogP contribution in [0.25, 0.3) is 0 Å². The van der Waals surface area contributed by atoms with Crippen molar-refractivity contribution in [3.63, 3.8) is 0 Å². The maximum atomic E-state index is 11.8. The normalized spacial score (nSPS) is 10.1. The van der Waals surface area contributed by atoms with Crippen molar-refractivity contribution < 1.29 is 9.59 Å². The molecule has 0 fully saturated rings. The van der Waals surface area contributed by atoms with Gasteiger partial charge in [0.2, 0.25) is 5.13 Å². The molecular weight excluding hydrogens is 252 g/mol. The third-order valence-corrected chi connectivity index (χ3v) is 2.71. The number of Topliss-reactive ketones (excluding diaryl/α,β-unsaturated/α-hetero) is 1. The zero-order valence-electron chi connectivity index (χ0n) is 9.58. The van der Waals surface area contributed by atoms with Gasteiger partial charge in [-0.2, -0.15) is 4.37 Å². The summed E-state index contributed by atoms with van der Waals surface area (Å²) < 4.78 is 3.99. The molecule has 0 atom stereocenters. The molecule has 2 aromatic rings. The molecule has 0 aliphatic carbocycles. The van der Waals surface area contributed by atoms with E-state index in [1.54, 1.807) is 12.1 Å². The van der Waals surface area contributed by atoms with Gasteiger partial charge in [0.1, 0.15) is 5.78 Å². The van der Waals surface area contributed by atoms with Crippen LogP contribution in [-0.2, 0) is 11.2 Å². The smallest absolute Gasteiger partial charge is 0.257 e. The van der Waals surface area contributed by atoms with E-state index in [9.17, 15) is 9.59 Å². The molecule has 7 heteroatoms. The highest BCUT2D eigenvalue weighted by Gasteiger charge is 2.10. The predicted octanol–water partition coefficient (Wildman–Crippen LogP) is 1.32.